The summed E-state index contributed by atoms with van der Waals surface area (Å²) in [5.41, 5.74) is 2.75. The number of nitriles is 1. The predicted molar refractivity (Wildman–Crippen MR) is 124 cm³/mol. The lowest BCUT2D eigenvalue weighted by Gasteiger charge is -2.09. The van der Waals surface area contributed by atoms with E-state index in [4.69, 9.17) is 15.8 Å². The van der Waals surface area contributed by atoms with Gasteiger partial charge in [0.25, 0.3) is 5.91 Å². The molecule has 0 unspecified atom stereocenters. The van der Waals surface area contributed by atoms with Crippen molar-refractivity contribution in [2.24, 2.45) is 0 Å². The van der Waals surface area contributed by atoms with Gasteiger partial charge in [-0.1, -0.05) is 47.5 Å². The van der Waals surface area contributed by atoms with Gasteiger partial charge in [-0.15, -0.1) is 0 Å². The van der Waals surface area contributed by atoms with E-state index in [0.717, 1.165) is 11.1 Å². The van der Waals surface area contributed by atoms with Gasteiger partial charge in [-0.05, 0) is 67.4 Å². The van der Waals surface area contributed by atoms with Crippen molar-refractivity contribution in [3.8, 4) is 11.8 Å². The Kier molecular flexibility index (Phi) is 6.98. The van der Waals surface area contributed by atoms with Crippen molar-refractivity contribution in [2.75, 3.05) is 5.32 Å². The summed E-state index contributed by atoms with van der Waals surface area (Å²) in [6.45, 7) is 3.73. The van der Waals surface area contributed by atoms with Gasteiger partial charge < -0.3 is 9.50 Å². The van der Waals surface area contributed by atoms with E-state index < -0.39 is 16.0 Å². The summed E-state index contributed by atoms with van der Waals surface area (Å²) in [5, 5.41) is 12.1. The Hall–Kier alpha value is -3.60. The summed E-state index contributed by atoms with van der Waals surface area (Å²) in [5.74, 6) is -0.636. The molecule has 0 fully saturated rings. The molecule has 0 saturated heterocycles. The third-order valence-electron chi connectivity index (χ3n) is 4.42. The number of carbonyl (C=O) groups excluding carboxylic acids is 1. The summed E-state index contributed by atoms with van der Waals surface area (Å²) in [7, 11) is -4.06. The van der Waals surface area contributed by atoms with Crippen LogP contribution in [0.25, 0.3) is 6.08 Å². The van der Waals surface area contributed by atoms with Crippen molar-refractivity contribution in [3.05, 3.63) is 94.0 Å². The highest BCUT2D eigenvalue weighted by molar-refractivity contribution is 7.87. The molecule has 6 nitrogen and oxygen atoms in total. The number of amides is 1. The Morgan fingerprint density at radius 1 is 1.03 bits per heavy atom. The molecule has 0 heterocycles. The summed E-state index contributed by atoms with van der Waals surface area (Å²) in [6, 6.07) is 19.6. The lowest BCUT2D eigenvalue weighted by molar-refractivity contribution is -0.112. The minimum atomic E-state index is -4.06. The molecule has 0 atom stereocenters. The average molecular weight is 467 g/mol. The molecule has 1 N–H and O–H groups in total. The number of anilines is 1. The maximum absolute atomic E-state index is 12.5. The van der Waals surface area contributed by atoms with E-state index in [1.165, 1.54) is 36.4 Å². The number of benzene rings is 3. The molecule has 0 aromatic heterocycles. The fourth-order valence-electron chi connectivity index (χ4n) is 2.78. The van der Waals surface area contributed by atoms with Crippen LogP contribution in [0.5, 0.6) is 5.75 Å². The molecule has 3 rings (SSSR count). The zero-order valence-corrected chi connectivity index (χ0v) is 18.9. The number of aryl methyl sites for hydroxylation is 2. The van der Waals surface area contributed by atoms with E-state index in [9.17, 15) is 18.5 Å². The van der Waals surface area contributed by atoms with Crippen LogP contribution < -0.4 is 9.50 Å². The van der Waals surface area contributed by atoms with Crippen LogP contribution in [0.3, 0.4) is 0 Å². The van der Waals surface area contributed by atoms with Gasteiger partial charge in [0.2, 0.25) is 0 Å². The lowest BCUT2D eigenvalue weighted by atomic mass is 10.1. The first-order valence-corrected chi connectivity index (χ1v) is 11.3. The summed E-state index contributed by atoms with van der Waals surface area (Å²) in [6.07, 6.45) is 1.36. The second kappa shape index (κ2) is 9.69. The van der Waals surface area contributed by atoms with E-state index in [2.05, 4.69) is 5.32 Å². The van der Waals surface area contributed by atoms with E-state index in [-0.39, 0.29) is 21.2 Å². The van der Waals surface area contributed by atoms with Crippen LogP contribution in [0.1, 0.15) is 16.7 Å². The van der Waals surface area contributed by atoms with E-state index in [0.29, 0.717) is 11.3 Å². The van der Waals surface area contributed by atoms with Gasteiger partial charge in [0.05, 0.1) is 5.02 Å². The van der Waals surface area contributed by atoms with Crippen LogP contribution in [0.2, 0.25) is 5.02 Å². The standard InChI is InChI=1S/C24H19ClN2O4S/c1-16-6-9-21(10-7-16)32(29,30)31-23-11-8-18(14-22(23)25)13-19(15-26)24(28)27-20-5-3-4-17(2)12-20/h3-14H,1-2H3,(H,27,28)/b19-13+. The molecular weight excluding hydrogens is 448 g/mol. The van der Waals surface area contributed by atoms with Crippen LogP contribution in [0.4, 0.5) is 5.69 Å². The average Bonchev–Trinajstić information content (AvgIpc) is 2.74. The molecule has 0 bridgehead atoms. The van der Waals surface area contributed by atoms with E-state index in [1.807, 2.05) is 26.0 Å². The van der Waals surface area contributed by atoms with Gasteiger partial charge >= 0.3 is 10.1 Å². The van der Waals surface area contributed by atoms with Gasteiger partial charge in [-0.3, -0.25) is 4.79 Å². The van der Waals surface area contributed by atoms with Crippen molar-refractivity contribution in [1.29, 1.82) is 5.26 Å². The first-order chi connectivity index (χ1) is 15.2. The van der Waals surface area contributed by atoms with Crippen molar-refractivity contribution in [3.63, 3.8) is 0 Å². The van der Waals surface area contributed by atoms with Crippen molar-refractivity contribution in [2.45, 2.75) is 18.7 Å². The number of nitrogens with one attached hydrogen (secondary N) is 1. The molecule has 32 heavy (non-hydrogen) atoms. The number of carbonyl (C=O) groups is 1. The van der Waals surface area contributed by atoms with Gasteiger partial charge in [-0.2, -0.15) is 13.7 Å². The molecule has 0 spiro atoms. The first-order valence-electron chi connectivity index (χ1n) is 9.48. The molecule has 0 aliphatic heterocycles. The monoisotopic (exact) mass is 466 g/mol. The molecule has 0 aliphatic carbocycles. The zero-order chi connectivity index (χ0) is 23.3. The number of hydrogen-bond acceptors (Lipinski definition) is 5. The molecule has 0 radical (unpaired) electrons. The highest BCUT2D eigenvalue weighted by Gasteiger charge is 2.18. The van der Waals surface area contributed by atoms with Crippen LogP contribution >= 0.6 is 11.6 Å². The topological polar surface area (TPSA) is 96.3 Å². The summed E-state index contributed by atoms with van der Waals surface area (Å²) < 4.78 is 30.1. The SMILES string of the molecule is Cc1ccc(S(=O)(=O)Oc2ccc(/C=C(\C#N)C(=O)Nc3cccc(C)c3)cc2Cl)cc1. The number of nitrogens with zero attached hydrogens (tertiary/aromatic N) is 1. The Morgan fingerprint density at radius 2 is 1.75 bits per heavy atom. The van der Waals surface area contributed by atoms with E-state index >= 15 is 0 Å². The second-order valence-corrected chi connectivity index (χ2v) is 8.99. The third kappa shape index (κ3) is 5.76. The number of halogens is 1. The fourth-order valence-corrected chi connectivity index (χ4v) is 4.00. The number of hydrogen-bond donors (Lipinski definition) is 1. The Morgan fingerprint density at radius 3 is 2.38 bits per heavy atom. The van der Waals surface area contributed by atoms with Crippen molar-refractivity contribution < 1.29 is 17.4 Å². The minimum Gasteiger partial charge on any atom is -0.377 e. The maximum atomic E-state index is 12.5. The lowest BCUT2D eigenvalue weighted by Crippen LogP contribution is -2.13. The normalized spacial score (nSPS) is 11.5. The molecule has 162 valence electrons. The highest BCUT2D eigenvalue weighted by Crippen LogP contribution is 2.29. The molecule has 3 aromatic carbocycles. The maximum Gasteiger partial charge on any atom is 0.339 e. The molecule has 3 aromatic rings. The second-order valence-electron chi connectivity index (χ2n) is 7.03. The Labute approximate surface area is 191 Å². The number of rotatable bonds is 6. The van der Waals surface area contributed by atoms with Crippen LogP contribution in [-0.4, -0.2) is 14.3 Å². The van der Waals surface area contributed by atoms with Crippen molar-refractivity contribution >= 4 is 39.4 Å². The summed E-state index contributed by atoms with van der Waals surface area (Å²) >= 11 is 6.20. The first kappa shape index (κ1) is 23.1. The predicted octanol–water partition coefficient (Wildman–Crippen LogP) is 5.27. The minimum absolute atomic E-state index is 0.00252. The molecule has 1 amide bonds. The van der Waals surface area contributed by atoms with Gasteiger partial charge in [0.1, 0.15) is 16.5 Å². The van der Waals surface area contributed by atoms with Gasteiger partial charge in [0.15, 0.2) is 5.75 Å². The Bertz CT molecular complexity index is 1340. The van der Waals surface area contributed by atoms with Crippen molar-refractivity contribution in [1.82, 2.24) is 0 Å². The Balaban J connectivity index is 1.80. The van der Waals surface area contributed by atoms with Crippen LogP contribution in [0.15, 0.2) is 77.2 Å². The molecule has 8 heteroatoms. The summed E-state index contributed by atoms with van der Waals surface area (Å²) in [4.78, 5) is 12.4. The largest absolute Gasteiger partial charge is 0.377 e. The fraction of sp³-hybridized carbons (Fsp3) is 0.0833. The molecule has 0 aliphatic rings. The van der Waals surface area contributed by atoms with Gasteiger partial charge in [-0.25, -0.2) is 0 Å². The zero-order valence-electron chi connectivity index (χ0n) is 17.3. The third-order valence-corrected chi connectivity index (χ3v) is 5.96. The van der Waals surface area contributed by atoms with Gasteiger partial charge in [0, 0.05) is 5.69 Å². The van der Waals surface area contributed by atoms with E-state index in [1.54, 1.807) is 30.3 Å². The molecule has 0 saturated carbocycles. The molecular formula is C24H19ClN2O4S. The smallest absolute Gasteiger partial charge is 0.339 e. The quantitative estimate of drug-likeness (QED) is 0.303. The highest BCUT2D eigenvalue weighted by atomic mass is 35.5. The van der Waals surface area contributed by atoms with Crippen LogP contribution in [-0.2, 0) is 14.9 Å². The van der Waals surface area contributed by atoms with Crippen LogP contribution in [0, 0.1) is 25.2 Å².